The van der Waals surface area contributed by atoms with Crippen LogP contribution in [0.4, 0.5) is 0 Å². The summed E-state index contributed by atoms with van der Waals surface area (Å²) in [5.74, 6) is 0.683. The molecule has 1 N–H and O–H groups in total. The molecule has 110 valence electrons. The molecular weight excluding hydrogens is 258 g/mol. The van der Waals surface area contributed by atoms with Gasteiger partial charge in [0.2, 0.25) is 0 Å². The van der Waals surface area contributed by atoms with E-state index in [-0.39, 0.29) is 0 Å². The molecule has 0 aromatic heterocycles. The van der Waals surface area contributed by atoms with Crippen molar-refractivity contribution < 1.29 is 19.4 Å². The lowest BCUT2D eigenvalue weighted by atomic mass is 10.0. The summed E-state index contributed by atoms with van der Waals surface area (Å²) in [5.41, 5.74) is 2.42. The van der Waals surface area contributed by atoms with E-state index in [1.54, 1.807) is 21.1 Å². The van der Waals surface area contributed by atoms with Gasteiger partial charge in [0, 0.05) is 13.1 Å². The lowest BCUT2D eigenvalue weighted by Gasteiger charge is -2.23. The van der Waals surface area contributed by atoms with Crippen LogP contribution in [0.2, 0.25) is 0 Å². The van der Waals surface area contributed by atoms with Crippen molar-refractivity contribution in [2.24, 2.45) is 0 Å². The van der Waals surface area contributed by atoms with E-state index in [2.05, 4.69) is 0 Å². The summed E-state index contributed by atoms with van der Waals surface area (Å²) in [6.45, 7) is 3.23. The number of nitrogens with zero attached hydrogens (tertiary/aromatic N) is 1. The molecule has 0 aliphatic carbocycles. The third kappa shape index (κ3) is 2.88. The predicted octanol–water partition coefficient (Wildman–Crippen LogP) is 1.58. The summed E-state index contributed by atoms with van der Waals surface area (Å²) < 4.78 is 10.6. The number of ether oxygens (including phenoxy) is 2. The predicted molar refractivity (Wildman–Crippen MR) is 75.6 cm³/mol. The monoisotopic (exact) mass is 279 g/mol. The zero-order valence-electron chi connectivity index (χ0n) is 12.2. The van der Waals surface area contributed by atoms with Gasteiger partial charge in [0.1, 0.15) is 6.04 Å². The van der Waals surface area contributed by atoms with Crippen molar-refractivity contribution in [2.45, 2.75) is 25.8 Å². The summed E-state index contributed by atoms with van der Waals surface area (Å²) in [4.78, 5) is 13.1. The minimum atomic E-state index is -0.772. The number of hydrogen-bond acceptors (Lipinski definition) is 4. The van der Waals surface area contributed by atoms with Crippen LogP contribution in [0.5, 0.6) is 11.5 Å². The molecule has 5 heteroatoms. The second-order valence-electron chi connectivity index (χ2n) is 5.03. The largest absolute Gasteiger partial charge is 0.493 e. The maximum Gasteiger partial charge on any atom is 0.320 e. The number of carbonyl (C=O) groups is 1. The Labute approximate surface area is 119 Å². The lowest BCUT2D eigenvalue weighted by molar-refractivity contribution is -0.142. The summed E-state index contributed by atoms with van der Waals surface area (Å²) in [6, 6.07) is 3.56. The van der Waals surface area contributed by atoms with E-state index < -0.39 is 12.0 Å². The minimum Gasteiger partial charge on any atom is -0.493 e. The van der Waals surface area contributed by atoms with Crippen LogP contribution in [0.15, 0.2) is 12.1 Å². The van der Waals surface area contributed by atoms with E-state index in [1.807, 2.05) is 17.0 Å². The molecule has 1 aliphatic rings. The average molecular weight is 279 g/mol. The smallest absolute Gasteiger partial charge is 0.320 e. The molecule has 0 unspecified atom stereocenters. The van der Waals surface area contributed by atoms with Crippen molar-refractivity contribution in [3.63, 3.8) is 0 Å². The number of benzene rings is 1. The molecule has 1 heterocycles. The molecule has 0 amide bonds. The molecule has 5 nitrogen and oxygen atoms in total. The van der Waals surface area contributed by atoms with E-state index in [4.69, 9.17) is 14.6 Å². The number of methoxy groups -OCH3 is 2. The van der Waals surface area contributed by atoms with Gasteiger partial charge in [-0.25, -0.2) is 0 Å². The first kappa shape index (κ1) is 14.7. The zero-order chi connectivity index (χ0) is 14.7. The van der Waals surface area contributed by atoms with Crippen LogP contribution >= 0.6 is 0 Å². The SMILES string of the molecule is COc1cc2c(cc1OC)CCN([C@@H](C)C(=O)O)CC2. The maximum atomic E-state index is 11.1. The van der Waals surface area contributed by atoms with Gasteiger partial charge < -0.3 is 14.6 Å². The normalized spacial score (nSPS) is 16.9. The summed E-state index contributed by atoms with van der Waals surface area (Å²) in [6.07, 6.45) is 1.65. The van der Waals surface area contributed by atoms with Crippen molar-refractivity contribution in [2.75, 3.05) is 27.3 Å². The average Bonchev–Trinajstić information content (AvgIpc) is 2.66. The van der Waals surface area contributed by atoms with Crippen LogP contribution in [-0.2, 0) is 17.6 Å². The quantitative estimate of drug-likeness (QED) is 0.906. The van der Waals surface area contributed by atoms with Gasteiger partial charge in [-0.05, 0) is 43.0 Å². The first-order valence-corrected chi connectivity index (χ1v) is 6.77. The number of aliphatic carboxylic acids is 1. The number of fused-ring (bicyclic) bond motifs is 1. The molecule has 0 saturated heterocycles. The van der Waals surface area contributed by atoms with Crippen LogP contribution < -0.4 is 9.47 Å². The Kier molecular flexibility index (Phi) is 4.49. The summed E-state index contributed by atoms with van der Waals surface area (Å²) >= 11 is 0. The number of hydrogen-bond donors (Lipinski definition) is 1. The Balaban J connectivity index is 2.23. The lowest BCUT2D eigenvalue weighted by Crippen LogP contribution is -2.40. The molecule has 2 rings (SSSR count). The van der Waals surface area contributed by atoms with E-state index in [1.165, 1.54) is 11.1 Å². The molecular formula is C15H21NO4. The first-order chi connectivity index (χ1) is 9.56. The topological polar surface area (TPSA) is 59.0 Å². The fourth-order valence-corrected chi connectivity index (χ4v) is 2.61. The van der Waals surface area contributed by atoms with Gasteiger partial charge in [-0.2, -0.15) is 0 Å². The third-order valence-electron chi connectivity index (χ3n) is 3.95. The van der Waals surface area contributed by atoms with Crippen LogP contribution in [0.25, 0.3) is 0 Å². The highest BCUT2D eigenvalue weighted by atomic mass is 16.5. The van der Waals surface area contributed by atoms with Crippen molar-refractivity contribution in [3.05, 3.63) is 23.3 Å². The zero-order valence-corrected chi connectivity index (χ0v) is 12.2. The van der Waals surface area contributed by atoms with Gasteiger partial charge >= 0.3 is 5.97 Å². The third-order valence-corrected chi connectivity index (χ3v) is 3.95. The molecule has 0 radical (unpaired) electrons. The second-order valence-corrected chi connectivity index (χ2v) is 5.03. The number of carboxylic acids is 1. The van der Waals surface area contributed by atoms with Crippen LogP contribution in [0, 0.1) is 0 Å². The summed E-state index contributed by atoms with van der Waals surface area (Å²) in [5, 5.41) is 9.13. The molecule has 1 aliphatic heterocycles. The van der Waals surface area contributed by atoms with E-state index in [9.17, 15) is 4.79 Å². The standard InChI is InChI=1S/C15H21NO4/c1-10(15(17)18)16-6-4-11-8-13(19-2)14(20-3)9-12(11)5-7-16/h8-10H,4-7H2,1-3H3,(H,17,18)/t10-/m0/s1. The van der Waals surface area contributed by atoms with Crippen molar-refractivity contribution in [3.8, 4) is 11.5 Å². The number of carboxylic acid groups (broad SMARTS) is 1. The molecule has 1 aromatic rings. The molecule has 1 atom stereocenters. The van der Waals surface area contributed by atoms with Gasteiger partial charge in [0.25, 0.3) is 0 Å². The van der Waals surface area contributed by atoms with Gasteiger partial charge in [-0.15, -0.1) is 0 Å². The first-order valence-electron chi connectivity index (χ1n) is 6.77. The Hall–Kier alpha value is -1.75. The van der Waals surface area contributed by atoms with Gasteiger partial charge in [0.05, 0.1) is 14.2 Å². The Morgan fingerprint density at radius 3 is 1.95 bits per heavy atom. The van der Waals surface area contributed by atoms with Crippen LogP contribution in [0.1, 0.15) is 18.1 Å². The highest BCUT2D eigenvalue weighted by Gasteiger charge is 2.24. The maximum absolute atomic E-state index is 11.1. The Morgan fingerprint density at radius 2 is 1.60 bits per heavy atom. The highest BCUT2D eigenvalue weighted by Crippen LogP contribution is 2.32. The minimum absolute atomic E-state index is 0.451. The fourth-order valence-electron chi connectivity index (χ4n) is 2.61. The van der Waals surface area contributed by atoms with Crippen molar-refractivity contribution in [1.29, 1.82) is 0 Å². The fraction of sp³-hybridized carbons (Fsp3) is 0.533. The Morgan fingerprint density at radius 1 is 1.15 bits per heavy atom. The van der Waals surface area contributed by atoms with E-state index >= 15 is 0 Å². The summed E-state index contributed by atoms with van der Waals surface area (Å²) in [7, 11) is 3.25. The van der Waals surface area contributed by atoms with Crippen molar-refractivity contribution in [1.82, 2.24) is 4.90 Å². The molecule has 0 bridgehead atoms. The Bertz CT molecular complexity index is 466. The van der Waals surface area contributed by atoms with E-state index in [0.717, 1.165) is 37.4 Å². The molecule has 1 aromatic carbocycles. The van der Waals surface area contributed by atoms with Gasteiger partial charge in [-0.1, -0.05) is 0 Å². The van der Waals surface area contributed by atoms with Gasteiger partial charge in [-0.3, -0.25) is 9.69 Å². The second kappa shape index (κ2) is 6.13. The molecule has 0 saturated carbocycles. The van der Waals surface area contributed by atoms with Crippen LogP contribution in [-0.4, -0.2) is 49.3 Å². The van der Waals surface area contributed by atoms with Crippen LogP contribution in [0.3, 0.4) is 0 Å². The highest BCUT2D eigenvalue weighted by molar-refractivity contribution is 5.72. The van der Waals surface area contributed by atoms with Crippen molar-refractivity contribution >= 4 is 5.97 Å². The van der Waals surface area contributed by atoms with Gasteiger partial charge in [0.15, 0.2) is 11.5 Å². The molecule has 20 heavy (non-hydrogen) atoms. The molecule has 0 fully saturated rings. The molecule has 0 spiro atoms. The number of rotatable bonds is 4. The van der Waals surface area contributed by atoms with E-state index in [0.29, 0.717) is 0 Å².